The monoisotopic (exact) mass is 292 g/mol. The van der Waals surface area contributed by atoms with E-state index in [1.165, 1.54) is 0 Å². The van der Waals surface area contributed by atoms with Gasteiger partial charge in [-0.05, 0) is 37.6 Å². The lowest BCUT2D eigenvalue weighted by Crippen LogP contribution is -2.44. The van der Waals surface area contributed by atoms with E-state index < -0.39 is 0 Å². The predicted octanol–water partition coefficient (Wildman–Crippen LogP) is 1.58. The number of carbonyl (C=O) groups is 1. The molecule has 3 N–H and O–H groups in total. The molecule has 5 nitrogen and oxygen atoms in total. The Kier molecular flexibility index (Phi) is 5.59. The van der Waals surface area contributed by atoms with Crippen LogP contribution in [0.4, 0.5) is 0 Å². The zero-order valence-corrected chi connectivity index (χ0v) is 12.6. The third-order valence-corrected chi connectivity index (χ3v) is 3.80. The lowest BCUT2D eigenvalue weighted by Gasteiger charge is -2.21. The average Bonchev–Trinajstić information content (AvgIpc) is 2.93. The summed E-state index contributed by atoms with van der Waals surface area (Å²) in [6, 6.07) is 6.90. The van der Waals surface area contributed by atoms with Gasteiger partial charge in [0.2, 0.25) is 5.91 Å². The Balaban J connectivity index is 1.94. The quantitative estimate of drug-likeness (QED) is 0.744. The first-order valence-electron chi connectivity index (χ1n) is 7.52. The lowest BCUT2D eigenvalue weighted by atomic mass is 10.0. The molecule has 2 rings (SSSR count). The highest BCUT2D eigenvalue weighted by atomic mass is 16.5. The molecule has 1 aromatic rings. The summed E-state index contributed by atoms with van der Waals surface area (Å²) >= 11 is 0. The first kappa shape index (κ1) is 15.8. The summed E-state index contributed by atoms with van der Waals surface area (Å²) in [5, 5.41) is 15.9. The summed E-state index contributed by atoms with van der Waals surface area (Å²) in [6.45, 7) is 5.94. The normalized spacial score (nSPS) is 23.0. The number of phenols is 1. The number of benzene rings is 1. The molecular formula is C16H24N2O3. The van der Waals surface area contributed by atoms with Crippen molar-refractivity contribution in [3.63, 3.8) is 0 Å². The Morgan fingerprint density at radius 1 is 1.48 bits per heavy atom. The van der Waals surface area contributed by atoms with Gasteiger partial charge in [-0.2, -0.15) is 0 Å². The minimum absolute atomic E-state index is 0.00283. The van der Waals surface area contributed by atoms with Crippen molar-refractivity contribution in [3.8, 4) is 5.75 Å². The summed E-state index contributed by atoms with van der Waals surface area (Å²) in [5.74, 6) is 0.0496. The number of nitrogens with one attached hydrogen (secondary N) is 2. The number of amides is 1. The Hall–Kier alpha value is -1.59. The average molecular weight is 292 g/mol. The van der Waals surface area contributed by atoms with Crippen LogP contribution in [0.25, 0.3) is 0 Å². The molecule has 1 aromatic carbocycles. The first-order valence-corrected chi connectivity index (χ1v) is 7.52. The minimum Gasteiger partial charge on any atom is -0.508 e. The predicted molar refractivity (Wildman–Crippen MR) is 81.1 cm³/mol. The lowest BCUT2D eigenvalue weighted by molar-refractivity contribution is -0.126. The van der Waals surface area contributed by atoms with Crippen LogP contribution in [0.1, 0.15) is 31.9 Å². The van der Waals surface area contributed by atoms with Gasteiger partial charge in [0.15, 0.2) is 0 Å². The van der Waals surface area contributed by atoms with Gasteiger partial charge in [-0.1, -0.05) is 19.1 Å². The molecular weight excluding hydrogens is 268 g/mol. The summed E-state index contributed by atoms with van der Waals surface area (Å²) < 4.78 is 5.43. The van der Waals surface area contributed by atoms with Gasteiger partial charge in [-0.15, -0.1) is 0 Å². The summed E-state index contributed by atoms with van der Waals surface area (Å²) in [6.07, 6.45) is 1.03. The van der Waals surface area contributed by atoms with Crippen molar-refractivity contribution in [3.05, 3.63) is 29.8 Å². The van der Waals surface area contributed by atoms with Crippen LogP contribution < -0.4 is 10.6 Å². The molecule has 0 saturated carbocycles. The summed E-state index contributed by atoms with van der Waals surface area (Å²) in [4.78, 5) is 12.4. The van der Waals surface area contributed by atoms with Gasteiger partial charge < -0.3 is 20.5 Å². The molecule has 3 atom stereocenters. The van der Waals surface area contributed by atoms with Crippen molar-refractivity contribution in [1.29, 1.82) is 0 Å². The number of hydrogen-bond acceptors (Lipinski definition) is 4. The van der Waals surface area contributed by atoms with Gasteiger partial charge in [-0.25, -0.2) is 0 Å². The van der Waals surface area contributed by atoms with Crippen molar-refractivity contribution in [2.45, 2.75) is 32.4 Å². The van der Waals surface area contributed by atoms with E-state index in [4.69, 9.17) is 4.74 Å². The van der Waals surface area contributed by atoms with Crippen LogP contribution in [0.5, 0.6) is 5.75 Å². The molecule has 1 heterocycles. The SMILES string of the molecule is CCCNC1COCC1C(=O)NC(C)c1cccc(O)c1. The molecule has 1 amide bonds. The number of carbonyl (C=O) groups excluding carboxylic acids is 1. The molecule has 21 heavy (non-hydrogen) atoms. The van der Waals surface area contributed by atoms with Crippen molar-refractivity contribution in [2.75, 3.05) is 19.8 Å². The van der Waals surface area contributed by atoms with Crippen molar-refractivity contribution < 1.29 is 14.6 Å². The van der Waals surface area contributed by atoms with Crippen LogP contribution in [-0.4, -0.2) is 36.8 Å². The Labute approximate surface area is 125 Å². The Morgan fingerprint density at radius 3 is 3.00 bits per heavy atom. The van der Waals surface area contributed by atoms with Crippen LogP contribution in [0.15, 0.2) is 24.3 Å². The van der Waals surface area contributed by atoms with Gasteiger partial charge in [0.05, 0.1) is 25.2 Å². The number of aromatic hydroxyl groups is 1. The maximum atomic E-state index is 12.4. The molecule has 5 heteroatoms. The minimum atomic E-state index is -0.156. The smallest absolute Gasteiger partial charge is 0.227 e. The van der Waals surface area contributed by atoms with Gasteiger partial charge in [0.1, 0.15) is 5.75 Å². The maximum Gasteiger partial charge on any atom is 0.227 e. The van der Waals surface area contributed by atoms with Crippen molar-refractivity contribution >= 4 is 5.91 Å². The molecule has 0 bridgehead atoms. The van der Waals surface area contributed by atoms with Crippen LogP contribution in [0, 0.1) is 5.92 Å². The molecule has 116 valence electrons. The van der Waals surface area contributed by atoms with E-state index >= 15 is 0 Å². The summed E-state index contributed by atoms with van der Waals surface area (Å²) in [5.41, 5.74) is 0.889. The second-order valence-electron chi connectivity index (χ2n) is 5.53. The highest BCUT2D eigenvalue weighted by molar-refractivity contribution is 5.80. The second-order valence-corrected chi connectivity index (χ2v) is 5.53. The van der Waals surface area contributed by atoms with E-state index in [1.807, 2.05) is 13.0 Å². The van der Waals surface area contributed by atoms with Gasteiger partial charge in [0.25, 0.3) is 0 Å². The van der Waals surface area contributed by atoms with Crippen molar-refractivity contribution in [1.82, 2.24) is 10.6 Å². The van der Waals surface area contributed by atoms with E-state index in [0.717, 1.165) is 18.5 Å². The third-order valence-electron chi connectivity index (χ3n) is 3.80. The molecule has 1 aliphatic rings. The largest absolute Gasteiger partial charge is 0.508 e. The highest BCUT2D eigenvalue weighted by Gasteiger charge is 2.34. The molecule has 0 aromatic heterocycles. The molecule has 0 spiro atoms. The zero-order chi connectivity index (χ0) is 15.2. The van der Waals surface area contributed by atoms with Crippen LogP contribution in [0.3, 0.4) is 0 Å². The Bertz CT molecular complexity index is 478. The highest BCUT2D eigenvalue weighted by Crippen LogP contribution is 2.20. The van der Waals surface area contributed by atoms with E-state index in [-0.39, 0.29) is 29.7 Å². The molecule has 1 fully saturated rings. The molecule has 1 saturated heterocycles. The number of hydrogen-bond donors (Lipinski definition) is 3. The van der Waals surface area contributed by atoms with Gasteiger partial charge >= 0.3 is 0 Å². The fourth-order valence-electron chi connectivity index (χ4n) is 2.54. The Morgan fingerprint density at radius 2 is 2.29 bits per heavy atom. The third kappa shape index (κ3) is 4.19. The van der Waals surface area contributed by atoms with Crippen LogP contribution in [-0.2, 0) is 9.53 Å². The standard InChI is InChI=1S/C16H24N2O3/c1-3-7-17-15-10-21-9-14(15)16(20)18-11(2)12-5-4-6-13(19)8-12/h4-6,8,11,14-15,17,19H,3,7,9-10H2,1-2H3,(H,18,20). The molecule has 0 aliphatic carbocycles. The molecule has 1 aliphatic heterocycles. The van der Waals surface area contributed by atoms with Gasteiger partial charge in [0, 0.05) is 6.04 Å². The molecule has 0 radical (unpaired) electrons. The van der Waals surface area contributed by atoms with E-state index in [2.05, 4.69) is 17.6 Å². The number of ether oxygens (including phenoxy) is 1. The van der Waals surface area contributed by atoms with E-state index in [9.17, 15) is 9.90 Å². The zero-order valence-electron chi connectivity index (χ0n) is 12.6. The second kappa shape index (κ2) is 7.43. The maximum absolute atomic E-state index is 12.4. The summed E-state index contributed by atoms with van der Waals surface area (Å²) in [7, 11) is 0. The number of phenolic OH excluding ortho intramolecular Hbond substituents is 1. The topological polar surface area (TPSA) is 70.6 Å². The van der Waals surface area contributed by atoms with Crippen LogP contribution in [0.2, 0.25) is 0 Å². The van der Waals surface area contributed by atoms with Crippen LogP contribution >= 0.6 is 0 Å². The van der Waals surface area contributed by atoms with Crippen molar-refractivity contribution in [2.24, 2.45) is 5.92 Å². The molecule has 3 unspecified atom stereocenters. The van der Waals surface area contributed by atoms with E-state index in [0.29, 0.717) is 13.2 Å². The van der Waals surface area contributed by atoms with Gasteiger partial charge in [-0.3, -0.25) is 4.79 Å². The number of rotatable bonds is 6. The first-order chi connectivity index (χ1) is 10.1. The fourth-order valence-corrected chi connectivity index (χ4v) is 2.54. The fraction of sp³-hybridized carbons (Fsp3) is 0.562. The van der Waals surface area contributed by atoms with E-state index in [1.54, 1.807) is 18.2 Å².